The van der Waals surface area contributed by atoms with Crippen LogP contribution in [0.5, 0.6) is 0 Å². The van der Waals surface area contributed by atoms with Crippen LogP contribution in [-0.2, 0) is 0 Å². The lowest BCUT2D eigenvalue weighted by atomic mass is 9.97. The van der Waals surface area contributed by atoms with Gasteiger partial charge in [-0.1, -0.05) is 44.1 Å². The molecule has 0 spiro atoms. The zero-order valence-corrected chi connectivity index (χ0v) is 9.31. The van der Waals surface area contributed by atoms with Crippen LogP contribution < -0.4 is 0 Å². The summed E-state index contributed by atoms with van der Waals surface area (Å²) in [6, 6.07) is 0. The van der Waals surface area contributed by atoms with Gasteiger partial charge in [-0.2, -0.15) is 0 Å². The van der Waals surface area contributed by atoms with Gasteiger partial charge in [0.25, 0.3) is 0 Å². The van der Waals surface area contributed by atoms with Gasteiger partial charge >= 0.3 is 0 Å². The normalized spacial score (nSPS) is 14.8. The van der Waals surface area contributed by atoms with Crippen LogP contribution in [0.4, 0.5) is 0 Å². The molecule has 0 aliphatic carbocycles. The summed E-state index contributed by atoms with van der Waals surface area (Å²) in [5.41, 5.74) is 2.88. The van der Waals surface area contributed by atoms with Gasteiger partial charge in [-0.05, 0) is 32.6 Å². The van der Waals surface area contributed by atoms with Crippen molar-refractivity contribution < 1.29 is 0 Å². The van der Waals surface area contributed by atoms with Crippen LogP contribution in [0, 0.1) is 11.8 Å². The number of hydrogen-bond acceptors (Lipinski definition) is 0. The van der Waals surface area contributed by atoms with E-state index in [0.29, 0.717) is 11.8 Å². The Balaban J connectivity index is 4.29. The Morgan fingerprint density at radius 1 is 0.917 bits per heavy atom. The summed E-state index contributed by atoms with van der Waals surface area (Å²) in [5.74, 6) is 1.26. The molecule has 0 saturated carbocycles. The van der Waals surface area contributed by atoms with E-state index < -0.39 is 0 Å². The monoisotopic (exact) mass is 166 g/mol. The van der Waals surface area contributed by atoms with E-state index in [4.69, 9.17) is 0 Å². The van der Waals surface area contributed by atoms with E-state index >= 15 is 0 Å². The van der Waals surface area contributed by atoms with Gasteiger partial charge in [0.1, 0.15) is 0 Å². The zero-order chi connectivity index (χ0) is 9.72. The highest BCUT2D eigenvalue weighted by molar-refractivity contribution is 5.12. The molecular formula is C12H22. The molecule has 0 bridgehead atoms. The predicted octanol–water partition coefficient (Wildman–Crippen LogP) is 4.19. The minimum absolute atomic E-state index is 0.595. The second-order valence-corrected chi connectivity index (χ2v) is 4.19. The molecular weight excluding hydrogens is 144 g/mol. The van der Waals surface area contributed by atoms with Gasteiger partial charge in [0.2, 0.25) is 0 Å². The first kappa shape index (κ1) is 11.5. The molecule has 0 heteroatoms. The molecule has 0 aromatic carbocycles. The Hall–Kier alpha value is -0.520. The third kappa shape index (κ3) is 5.17. The van der Waals surface area contributed by atoms with E-state index in [9.17, 15) is 0 Å². The van der Waals surface area contributed by atoms with Crippen LogP contribution in [0.25, 0.3) is 0 Å². The number of hydrogen-bond donors (Lipinski definition) is 0. The fraction of sp³-hybridized carbons (Fsp3) is 0.667. The van der Waals surface area contributed by atoms with Crippen molar-refractivity contribution >= 4 is 0 Å². The van der Waals surface area contributed by atoms with E-state index in [0.717, 1.165) is 0 Å². The van der Waals surface area contributed by atoms with Crippen LogP contribution in [0.3, 0.4) is 0 Å². The molecule has 0 aliphatic rings. The average molecular weight is 166 g/mol. The summed E-state index contributed by atoms with van der Waals surface area (Å²) < 4.78 is 0. The van der Waals surface area contributed by atoms with Gasteiger partial charge in [-0.25, -0.2) is 0 Å². The lowest BCUT2D eigenvalue weighted by Gasteiger charge is -2.09. The molecule has 0 radical (unpaired) electrons. The van der Waals surface area contributed by atoms with Gasteiger partial charge in [0.15, 0.2) is 0 Å². The van der Waals surface area contributed by atoms with Crippen molar-refractivity contribution in [2.75, 3.05) is 0 Å². The van der Waals surface area contributed by atoms with E-state index in [1.54, 1.807) is 0 Å². The van der Waals surface area contributed by atoms with Crippen molar-refractivity contribution in [3.63, 3.8) is 0 Å². The van der Waals surface area contributed by atoms with E-state index in [1.807, 2.05) is 0 Å². The van der Waals surface area contributed by atoms with Crippen molar-refractivity contribution in [3.8, 4) is 0 Å². The van der Waals surface area contributed by atoms with Crippen molar-refractivity contribution in [1.82, 2.24) is 0 Å². The fourth-order valence-electron chi connectivity index (χ4n) is 1.31. The molecule has 0 amide bonds. The fourth-order valence-corrected chi connectivity index (χ4v) is 1.31. The number of allylic oxidation sites excluding steroid dienone is 4. The largest absolute Gasteiger partial charge is 0.0825 e. The van der Waals surface area contributed by atoms with Crippen LogP contribution in [-0.4, -0.2) is 0 Å². The Morgan fingerprint density at radius 3 is 1.75 bits per heavy atom. The molecule has 70 valence electrons. The third-order valence-corrected chi connectivity index (χ3v) is 1.90. The Bertz CT molecular complexity index is 178. The molecule has 0 aliphatic heterocycles. The third-order valence-electron chi connectivity index (χ3n) is 1.90. The second-order valence-electron chi connectivity index (χ2n) is 4.19. The molecule has 0 aromatic heterocycles. The average Bonchev–Trinajstić information content (AvgIpc) is 1.84. The highest BCUT2D eigenvalue weighted by atomic mass is 14.1. The summed E-state index contributed by atoms with van der Waals surface area (Å²) in [5, 5.41) is 0. The summed E-state index contributed by atoms with van der Waals surface area (Å²) in [7, 11) is 0. The molecule has 1 atom stereocenters. The zero-order valence-electron chi connectivity index (χ0n) is 9.31. The molecule has 1 unspecified atom stereocenters. The minimum atomic E-state index is 0.595. The molecule has 0 nitrogen and oxygen atoms in total. The maximum absolute atomic E-state index is 2.34. The smallest absolute Gasteiger partial charge is 0.00519 e. The van der Waals surface area contributed by atoms with E-state index in [2.05, 4.69) is 53.7 Å². The Kier molecular flexibility index (Phi) is 4.96. The predicted molar refractivity (Wildman–Crippen MR) is 57.2 cm³/mol. The molecule has 0 rings (SSSR count). The molecule has 0 fully saturated rings. The van der Waals surface area contributed by atoms with Crippen LogP contribution in [0.2, 0.25) is 0 Å². The van der Waals surface area contributed by atoms with Gasteiger partial charge in [0.05, 0.1) is 0 Å². The van der Waals surface area contributed by atoms with Gasteiger partial charge in [-0.15, -0.1) is 0 Å². The molecule has 0 heterocycles. The van der Waals surface area contributed by atoms with Gasteiger partial charge in [0, 0.05) is 0 Å². The standard InChI is InChI=1S/C12H22/c1-9(2)7-11(5)12(6)8-10(3)4/h7-9,12H,1-6H3/b11-7-. The first-order valence-electron chi connectivity index (χ1n) is 4.76. The molecule has 0 saturated heterocycles. The molecule has 0 aromatic rings. The number of rotatable bonds is 3. The van der Waals surface area contributed by atoms with E-state index in [-0.39, 0.29) is 0 Å². The maximum atomic E-state index is 2.34. The maximum Gasteiger partial charge on any atom is -0.00519 e. The first-order chi connectivity index (χ1) is 5.43. The topological polar surface area (TPSA) is 0 Å². The Labute approximate surface area is 77.4 Å². The highest BCUT2D eigenvalue weighted by Gasteiger charge is 2.00. The van der Waals surface area contributed by atoms with Crippen molar-refractivity contribution in [2.24, 2.45) is 11.8 Å². The Morgan fingerprint density at radius 2 is 1.42 bits per heavy atom. The SMILES string of the molecule is CC(C)=CC(C)/C(C)=C\C(C)C. The van der Waals surface area contributed by atoms with Crippen LogP contribution in [0.15, 0.2) is 23.3 Å². The quantitative estimate of drug-likeness (QED) is 0.551. The summed E-state index contributed by atoms with van der Waals surface area (Å²) >= 11 is 0. The minimum Gasteiger partial charge on any atom is -0.0825 e. The van der Waals surface area contributed by atoms with Crippen molar-refractivity contribution in [2.45, 2.75) is 41.5 Å². The lowest BCUT2D eigenvalue weighted by molar-refractivity contribution is 0.775. The van der Waals surface area contributed by atoms with Crippen LogP contribution >= 0.6 is 0 Å². The lowest BCUT2D eigenvalue weighted by Crippen LogP contribution is -1.94. The van der Waals surface area contributed by atoms with Crippen molar-refractivity contribution in [1.29, 1.82) is 0 Å². The summed E-state index contributed by atoms with van der Waals surface area (Å²) in [6.07, 6.45) is 4.65. The summed E-state index contributed by atoms with van der Waals surface area (Å²) in [6.45, 7) is 13.2. The van der Waals surface area contributed by atoms with E-state index in [1.165, 1.54) is 11.1 Å². The van der Waals surface area contributed by atoms with Gasteiger partial charge < -0.3 is 0 Å². The second kappa shape index (κ2) is 5.18. The van der Waals surface area contributed by atoms with Crippen molar-refractivity contribution in [3.05, 3.63) is 23.3 Å². The highest BCUT2D eigenvalue weighted by Crippen LogP contribution is 2.15. The first-order valence-corrected chi connectivity index (χ1v) is 4.76. The van der Waals surface area contributed by atoms with Crippen LogP contribution in [0.1, 0.15) is 41.5 Å². The molecule has 12 heavy (non-hydrogen) atoms. The summed E-state index contributed by atoms with van der Waals surface area (Å²) in [4.78, 5) is 0. The molecule has 0 N–H and O–H groups in total. The van der Waals surface area contributed by atoms with Gasteiger partial charge in [-0.3, -0.25) is 0 Å².